The molecule has 1 atom stereocenters. The summed E-state index contributed by atoms with van der Waals surface area (Å²) in [5, 5.41) is 3.07. The summed E-state index contributed by atoms with van der Waals surface area (Å²) in [6.07, 6.45) is 5.90. The fourth-order valence-electron chi connectivity index (χ4n) is 2.96. The molecule has 116 valence electrons. The van der Waals surface area contributed by atoms with Crippen LogP contribution in [-0.4, -0.2) is 37.0 Å². The summed E-state index contributed by atoms with van der Waals surface area (Å²) in [6, 6.07) is 10.3. The maximum atomic E-state index is 12.0. The Balaban J connectivity index is 1.65. The van der Waals surface area contributed by atoms with Crippen LogP contribution in [0, 0.1) is 0 Å². The lowest BCUT2D eigenvalue weighted by molar-refractivity contribution is -0.121. The predicted octanol–water partition coefficient (Wildman–Crippen LogP) is 3.17. The van der Waals surface area contributed by atoms with Crippen molar-refractivity contribution in [2.75, 3.05) is 26.2 Å². The molecule has 2 rings (SSSR count). The van der Waals surface area contributed by atoms with Crippen LogP contribution in [0.5, 0.6) is 0 Å². The molecule has 1 saturated heterocycles. The lowest BCUT2D eigenvalue weighted by Gasteiger charge is -2.20. The Kier molecular flexibility index (Phi) is 6.74. The molecular formula is C18H28N2O. The van der Waals surface area contributed by atoms with E-state index in [0.717, 1.165) is 13.1 Å². The Morgan fingerprint density at radius 2 is 1.81 bits per heavy atom. The molecule has 0 bridgehead atoms. The Bertz CT molecular complexity index is 410. The van der Waals surface area contributed by atoms with Gasteiger partial charge in [0.1, 0.15) is 0 Å². The van der Waals surface area contributed by atoms with Gasteiger partial charge in [-0.1, -0.05) is 50.1 Å². The third-order valence-electron chi connectivity index (χ3n) is 4.31. The van der Waals surface area contributed by atoms with Crippen molar-refractivity contribution in [3.63, 3.8) is 0 Å². The molecule has 1 aliphatic heterocycles. The number of carbonyl (C=O) groups is 1. The van der Waals surface area contributed by atoms with Crippen LogP contribution in [0.15, 0.2) is 30.3 Å². The van der Waals surface area contributed by atoms with Gasteiger partial charge in [-0.2, -0.15) is 0 Å². The first-order valence-electron chi connectivity index (χ1n) is 8.29. The molecule has 21 heavy (non-hydrogen) atoms. The summed E-state index contributed by atoms with van der Waals surface area (Å²) < 4.78 is 0. The number of rotatable bonds is 6. The van der Waals surface area contributed by atoms with Crippen molar-refractivity contribution in [1.29, 1.82) is 0 Å². The van der Waals surface area contributed by atoms with E-state index in [0.29, 0.717) is 6.42 Å². The summed E-state index contributed by atoms with van der Waals surface area (Å²) in [5.41, 5.74) is 1.24. The molecule has 1 aromatic carbocycles. The summed E-state index contributed by atoms with van der Waals surface area (Å²) >= 11 is 0. The van der Waals surface area contributed by atoms with Gasteiger partial charge in [0.2, 0.25) is 5.91 Å². The zero-order valence-electron chi connectivity index (χ0n) is 13.2. The van der Waals surface area contributed by atoms with Crippen LogP contribution >= 0.6 is 0 Å². The molecule has 1 heterocycles. The maximum Gasteiger partial charge on any atom is 0.220 e. The molecular weight excluding hydrogens is 260 g/mol. The normalized spacial score (nSPS) is 18.0. The standard InChI is InChI=1S/C18H28N2O/c1-16(17-9-5-4-6-10-17)15-18(21)19-11-14-20-12-7-2-3-8-13-20/h4-6,9-10,16H,2-3,7-8,11-15H2,1H3,(H,19,21). The predicted molar refractivity (Wildman–Crippen MR) is 87.4 cm³/mol. The van der Waals surface area contributed by atoms with Crippen LogP contribution in [0.2, 0.25) is 0 Å². The lowest BCUT2D eigenvalue weighted by atomic mass is 9.98. The van der Waals surface area contributed by atoms with Crippen LogP contribution in [-0.2, 0) is 4.79 Å². The van der Waals surface area contributed by atoms with Gasteiger partial charge in [-0.05, 0) is 37.4 Å². The summed E-state index contributed by atoms with van der Waals surface area (Å²) in [7, 11) is 0. The van der Waals surface area contributed by atoms with Crippen LogP contribution in [0.4, 0.5) is 0 Å². The molecule has 3 nitrogen and oxygen atoms in total. The average molecular weight is 288 g/mol. The van der Waals surface area contributed by atoms with E-state index in [9.17, 15) is 4.79 Å². The van der Waals surface area contributed by atoms with Crippen molar-refractivity contribution in [2.24, 2.45) is 0 Å². The second-order valence-corrected chi connectivity index (χ2v) is 6.12. The zero-order chi connectivity index (χ0) is 14.9. The Morgan fingerprint density at radius 3 is 2.48 bits per heavy atom. The van der Waals surface area contributed by atoms with Crippen LogP contribution in [0.25, 0.3) is 0 Å². The fourth-order valence-corrected chi connectivity index (χ4v) is 2.96. The molecule has 1 amide bonds. The lowest BCUT2D eigenvalue weighted by Crippen LogP contribution is -2.35. The molecule has 1 unspecified atom stereocenters. The van der Waals surface area contributed by atoms with Crippen molar-refractivity contribution < 1.29 is 4.79 Å². The van der Waals surface area contributed by atoms with E-state index in [4.69, 9.17) is 0 Å². The van der Waals surface area contributed by atoms with Gasteiger partial charge >= 0.3 is 0 Å². The SMILES string of the molecule is CC(CC(=O)NCCN1CCCCCC1)c1ccccc1. The number of hydrogen-bond acceptors (Lipinski definition) is 2. The first-order chi connectivity index (χ1) is 10.3. The monoisotopic (exact) mass is 288 g/mol. The number of amides is 1. The first kappa shape index (κ1) is 16.0. The molecule has 1 aromatic rings. The summed E-state index contributed by atoms with van der Waals surface area (Å²) in [6.45, 7) is 6.27. The molecule has 1 aliphatic rings. The number of hydrogen-bond donors (Lipinski definition) is 1. The number of likely N-dealkylation sites (tertiary alicyclic amines) is 1. The van der Waals surface area contributed by atoms with Gasteiger partial charge < -0.3 is 10.2 Å². The summed E-state index contributed by atoms with van der Waals surface area (Å²) in [4.78, 5) is 14.5. The minimum atomic E-state index is 0.168. The number of nitrogens with zero attached hydrogens (tertiary/aromatic N) is 1. The van der Waals surface area contributed by atoms with E-state index >= 15 is 0 Å². The smallest absolute Gasteiger partial charge is 0.220 e. The van der Waals surface area contributed by atoms with Crippen molar-refractivity contribution in [3.8, 4) is 0 Å². The van der Waals surface area contributed by atoms with Crippen LogP contribution < -0.4 is 5.32 Å². The van der Waals surface area contributed by atoms with Gasteiger partial charge in [0.05, 0.1) is 0 Å². The zero-order valence-corrected chi connectivity index (χ0v) is 13.2. The Hall–Kier alpha value is -1.35. The minimum Gasteiger partial charge on any atom is -0.355 e. The molecule has 0 radical (unpaired) electrons. The third kappa shape index (κ3) is 5.88. The molecule has 1 fully saturated rings. The van der Waals surface area contributed by atoms with E-state index in [1.165, 1.54) is 44.3 Å². The second-order valence-electron chi connectivity index (χ2n) is 6.12. The van der Waals surface area contributed by atoms with Gasteiger partial charge in [0.25, 0.3) is 0 Å². The maximum absolute atomic E-state index is 12.0. The highest BCUT2D eigenvalue weighted by atomic mass is 16.1. The van der Waals surface area contributed by atoms with E-state index in [1.807, 2.05) is 18.2 Å². The Labute approximate surface area is 128 Å². The van der Waals surface area contributed by atoms with Crippen molar-refractivity contribution in [1.82, 2.24) is 10.2 Å². The van der Waals surface area contributed by atoms with E-state index in [-0.39, 0.29) is 11.8 Å². The topological polar surface area (TPSA) is 32.3 Å². The van der Waals surface area contributed by atoms with E-state index in [1.54, 1.807) is 0 Å². The van der Waals surface area contributed by atoms with Gasteiger partial charge in [-0.25, -0.2) is 0 Å². The quantitative estimate of drug-likeness (QED) is 0.872. The highest BCUT2D eigenvalue weighted by Crippen LogP contribution is 2.17. The summed E-state index contributed by atoms with van der Waals surface area (Å²) in [5.74, 6) is 0.450. The fraction of sp³-hybridized carbons (Fsp3) is 0.611. The highest BCUT2D eigenvalue weighted by molar-refractivity contribution is 5.76. The molecule has 0 aromatic heterocycles. The number of carbonyl (C=O) groups excluding carboxylic acids is 1. The molecule has 0 saturated carbocycles. The van der Waals surface area contributed by atoms with Crippen molar-refractivity contribution in [2.45, 2.75) is 44.9 Å². The molecule has 3 heteroatoms. The van der Waals surface area contributed by atoms with Gasteiger partial charge in [0.15, 0.2) is 0 Å². The van der Waals surface area contributed by atoms with Crippen molar-refractivity contribution in [3.05, 3.63) is 35.9 Å². The highest BCUT2D eigenvalue weighted by Gasteiger charge is 2.12. The average Bonchev–Trinajstić information content (AvgIpc) is 2.77. The first-order valence-corrected chi connectivity index (χ1v) is 8.29. The number of nitrogens with one attached hydrogen (secondary N) is 1. The Morgan fingerprint density at radius 1 is 1.14 bits per heavy atom. The number of benzene rings is 1. The molecule has 0 spiro atoms. The van der Waals surface area contributed by atoms with Crippen molar-refractivity contribution >= 4 is 5.91 Å². The van der Waals surface area contributed by atoms with E-state index < -0.39 is 0 Å². The van der Waals surface area contributed by atoms with Crippen LogP contribution in [0.1, 0.15) is 50.5 Å². The van der Waals surface area contributed by atoms with Gasteiger partial charge in [-0.15, -0.1) is 0 Å². The molecule has 1 N–H and O–H groups in total. The van der Waals surface area contributed by atoms with Crippen LogP contribution in [0.3, 0.4) is 0 Å². The van der Waals surface area contributed by atoms with Gasteiger partial charge in [0, 0.05) is 19.5 Å². The largest absolute Gasteiger partial charge is 0.355 e. The third-order valence-corrected chi connectivity index (χ3v) is 4.31. The van der Waals surface area contributed by atoms with Gasteiger partial charge in [-0.3, -0.25) is 4.79 Å². The molecule has 0 aliphatic carbocycles. The second kappa shape index (κ2) is 8.83. The minimum absolute atomic E-state index is 0.168. The van der Waals surface area contributed by atoms with E-state index in [2.05, 4.69) is 29.3 Å².